The van der Waals surface area contributed by atoms with Gasteiger partial charge in [0, 0.05) is 29.9 Å². The minimum Gasteiger partial charge on any atom is -0.337 e. The number of rotatable bonds is 1. The molecule has 1 aliphatic rings. The minimum atomic E-state index is 0.143. The van der Waals surface area contributed by atoms with Crippen LogP contribution < -0.4 is 5.32 Å². The Balaban J connectivity index is 2.06. The molecule has 1 fully saturated rings. The zero-order valence-corrected chi connectivity index (χ0v) is 10.1. The normalized spacial score (nSPS) is 17.5. The van der Waals surface area contributed by atoms with Crippen molar-refractivity contribution in [3.8, 4) is 0 Å². The summed E-state index contributed by atoms with van der Waals surface area (Å²) in [5.74, 6) is 0.143. The molecular weight excluding hydrogens is 228 g/mol. The van der Waals surface area contributed by atoms with Crippen molar-refractivity contribution in [2.75, 3.05) is 26.2 Å². The van der Waals surface area contributed by atoms with Crippen molar-refractivity contribution < 1.29 is 4.79 Å². The number of carbonyl (C=O) groups is 1. The molecular formula is C10H14N2OS2. The van der Waals surface area contributed by atoms with E-state index in [1.165, 1.54) is 11.3 Å². The lowest BCUT2D eigenvalue weighted by Crippen LogP contribution is -2.33. The van der Waals surface area contributed by atoms with Gasteiger partial charge in [-0.2, -0.15) is 0 Å². The summed E-state index contributed by atoms with van der Waals surface area (Å²) in [5, 5.41) is 5.18. The van der Waals surface area contributed by atoms with Crippen molar-refractivity contribution >= 4 is 29.9 Å². The number of carbonyl (C=O) groups excluding carboxylic acids is 1. The quantitative estimate of drug-likeness (QED) is 0.731. The lowest BCUT2D eigenvalue weighted by Gasteiger charge is -2.18. The first kappa shape index (κ1) is 11.0. The summed E-state index contributed by atoms with van der Waals surface area (Å²) in [6, 6.07) is 1.84. The van der Waals surface area contributed by atoms with Crippen molar-refractivity contribution in [3.63, 3.8) is 0 Å². The van der Waals surface area contributed by atoms with E-state index >= 15 is 0 Å². The summed E-state index contributed by atoms with van der Waals surface area (Å²) in [5.41, 5.74) is 0. The molecule has 0 atom stereocenters. The van der Waals surface area contributed by atoms with Crippen LogP contribution in [-0.4, -0.2) is 37.0 Å². The Bertz CT molecular complexity index is 343. The van der Waals surface area contributed by atoms with E-state index in [0.29, 0.717) is 0 Å². The number of hydrogen-bond acceptors (Lipinski definition) is 4. The second-order valence-electron chi connectivity index (χ2n) is 3.56. The summed E-state index contributed by atoms with van der Waals surface area (Å²) >= 11 is 5.68. The third kappa shape index (κ3) is 2.74. The van der Waals surface area contributed by atoms with Crippen molar-refractivity contribution in [2.24, 2.45) is 0 Å². The first-order valence-corrected chi connectivity index (χ1v) is 6.37. The maximum atomic E-state index is 12.0. The minimum absolute atomic E-state index is 0.143. The molecule has 1 aromatic heterocycles. The smallest absolute Gasteiger partial charge is 0.264 e. The summed E-state index contributed by atoms with van der Waals surface area (Å²) in [4.78, 5) is 15.6. The Kier molecular flexibility index (Phi) is 3.66. The fourth-order valence-corrected chi connectivity index (χ4v) is 2.76. The van der Waals surface area contributed by atoms with Crippen molar-refractivity contribution in [3.05, 3.63) is 16.3 Å². The second-order valence-corrected chi connectivity index (χ2v) is 4.99. The Morgan fingerprint density at radius 2 is 2.33 bits per heavy atom. The van der Waals surface area contributed by atoms with Crippen LogP contribution in [0.4, 0.5) is 0 Å². The molecule has 0 aromatic carbocycles. The SMILES string of the molecule is O=C(c1cc(S)cs1)N1CCCNCC1. The van der Waals surface area contributed by atoms with Gasteiger partial charge in [-0.15, -0.1) is 24.0 Å². The Morgan fingerprint density at radius 3 is 3.07 bits per heavy atom. The molecule has 1 aromatic rings. The number of hydrogen-bond donors (Lipinski definition) is 2. The van der Waals surface area contributed by atoms with Crippen molar-refractivity contribution in [2.45, 2.75) is 11.3 Å². The van der Waals surface area contributed by atoms with E-state index in [1.807, 2.05) is 16.3 Å². The third-order valence-electron chi connectivity index (χ3n) is 2.42. The molecule has 1 saturated heterocycles. The molecule has 0 spiro atoms. The van der Waals surface area contributed by atoms with Gasteiger partial charge in [-0.25, -0.2) is 0 Å². The number of nitrogens with zero attached hydrogens (tertiary/aromatic N) is 1. The third-order valence-corrected chi connectivity index (χ3v) is 3.77. The Morgan fingerprint density at radius 1 is 1.47 bits per heavy atom. The largest absolute Gasteiger partial charge is 0.337 e. The number of amides is 1. The molecule has 1 N–H and O–H groups in total. The fraction of sp³-hybridized carbons (Fsp3) is 0.500. The van der Waals surface area contributed by atoms with E-state index in [2.05, 4.69) is 17.9 Å². The molecule has 5 heteroatoms. The summed E-state index contributed by atoms with van der Waals surface area (Å²) in [7, 11) is 0. The van der Waals surface area contributed by atoms with Crippen LogP contribution >= 0.6 is 24.0 Å². The van der Waals surface area contributed by atoms with Crippen LogP contribution in [0.5, 0.6) is 0 Å². The molecule has 0 aliphatic carbocycles. The predicted octanol–water partition coefficient (Wildman–Crippen LogP) is 1.47. The molecule has 2 rings (SSSR count). The molecule has 15 heavy (non-hydrogen) atoms. The van der Waals surface area contributed by atoms with E-state index in [0.717, 1.165) is 42.4 Å². The van der Waals surface area contributed by atoms with E-state index in [1.54, 1.807) is 0 Å². The van der Waals surface area contributed by atoms with Gasteiger partial charge in [0.2, 0.25) is 0 Å². The van der Waals surface area contributed by atoms with Gasteiger partial charge in [-0.1, -0.05) is 0 Å². The zero-order chi connectivity index (χ0) is 10.7. The van der Waals surface area contributed by atoms with Gasteiger partial charge in [-0.3, -0.25) is 4.79 Å². The van der Waals surface area contributed by atoms with Gasteiger partial charge in [0.05, 0.1) is 4.88 Å². The van der Waals surface area contributed by atoms with Crippen LogP contribution in [0, 0.1) is 0 Å². The molecule has 0 radical (unpaired) electrons. The summed E-state index contributed by atoms with van der Waals surface area (Å²) < 4.78 is 0. The first-order chi connectivity index (χ1) is 7.27. The van der Waals surface area contributed by atoms with Crippen LogP contribution in [0.2, 0.25) is 0 Å². The highest BCUT2D eigenvalue weighted by molar-refractivity contribution is 7.80. The van der Waals surface area contributed by atoms with Gasteiger partial charge in [0.15, 0.2) is 0 Å². The fourth-order valence-electron chi connectivity index (χ4n) is 1.64. The molecule has 3 nitrogen and oxygen atoms in total. The van der Waals surface area contributed by atoms with Gasteiger partial charge in [0.25, 0.3) is 5.91 Å². The predicted molar refractivity (Wildman–Crippen MR) is 65.0 cm³/mol. The van der Waals surface area contributed by atoms with Gasteiger partial charge < -0.3 is 10.2 Å². The average molecular weight is 242 g/mol. The van der Waals surface area contributed by atoms with Crippen molar-refractivity contribution in [1.82, 2.24) is 10.2 Å². The van der Waals surface area contributed by atoms with E-state index in [9.17, 15) is 4.79 Å². The lowest BCUT2D eigenvalue weighted by molar-refractivity contribution is 0.0771. The first-order valence-electron chi connectivity index (χ1n) is 5.05. The highest BCUT2D eigenvalue weighted by Gasteiger charge is 2.18. The maximum Gasteiger partial charge on any atom is 0.264 e. The average Bonchev–Trinajstić information content (AvgIpc) is 2.53. The second kappa shape index (κ2) is 5.01. The lowest BCUT2D eigenvalue weighted by atomic mass is 10.3. The Labute approximate surface area is 98.9 Å². The van der Waals surface area contributed by atoms with E-state index in [4.69, 9.17) is 0 Å². The van der Waals surface area contributed by atoms with Crippen LogP contribution in [-0.2, 0) is 0 Å². The van der Waals surface area contributed by atoms with Gasteiger partial charge >= 0.3 is 0 Å². The van der Waals surface area contributed by atoms with E-state index < -0.39 is 0 Å². The maximum absolute atomic E-state index is 12.0. The standard InChI is InChI=1S/C10H14N2OS2/c13-10(9-6-8(14)7-15-9)12-4-1-2-11-3-5-12/h6-7,11,14H,1-5H2. The molecule has 2 heterocycles. The summed E-state index contributed by atoms with van der Waals surface area (Å²) in [6.45, 7) is 3.56. The van der Waals surface area contributed by atoms with Crippen LogP contribution in [0.3, 0.4) is 0 Å². The summed E-state index contributed by atoms with van der Waals surface area (Å²) in [6.07, 6.45) is 1.03. The monoisotopic (exact) mass is 242 g/mol. The Hall–Kier alpha value is -0.520. The van der Waals surface area contributed by atoms with Crippen LogP contribution in [0.1, 0.15) is 16.1 Å². The highest BCUT2D eigenvalue weighted by Crippen LogP contribution is 2.19. The molecule has 1 amide bonds. The number of thiol groups is 1. The molecule has 0 unspecified atom stereocenters. The zero-order valence-electron chi connectivity index (χ0n) is 8.40. The van der Waals surface area contributed by atoms with Crippen LogP contribution in [0.15, 0.2) is 16.3 Å². The number of thiophene rings is 1. The van der Waals surface area contributed by atoms with Crippen molar-refractivity contribution in [1.29, 1.82) is 0 Å². The molecule has 0 saturated carbocycles. The molecule has 0 bridgehead atoms. The van der Waals surface area contributed by atoms with Gasteiger partial charge in [-0.05, 0) is 19.0 Å². The van der Waals surface area contributed by atoms with E-state index in [-0.39, 0.29) is 5.91 Å². The topological polar surface area (TPSA) is 32.3 Å². The highest BCUT2D eigenvalue weighted by atomic mass is 32.1. The number of nitrogens with one attached hydrogen (secondary N) is 1. The molecule has 82 valence electrons. The van der Waals surface area contributed by atoms with Crippen LogP contribution in [0.25, 0.3) is 0 Å². The van der Waals surface area contributed by atoms with Gasteiger partial charge in [0.1, 0.15) is 0 Å². The molecule has 1 aliphatic heterocycles.